The molecule has 2 aliphatic heterocycles. The third-order valence-corrected chi connectivity index (χ3v) is 11.0. The molecule has 0 aliphatic carbocycles. The molecule has 0 bridgehead atoms. The summed E-state index contributed by atoms with van der Waals surface area (Å²) in [6.07, 6.45) is 5.82. The number of carboxylic acid groups (broad SMARTS) is 1. The van der Waals surface area contributed by atoms with E-state index >= 15 is 0 Å². The van der Waals surface area contributed by atoms with Crippen molar-refractivity contribution in [3.05, 3.63) is 105 Å². The predicted octanol–water partition coefficient (Wildman–Crippen LogP) is 6.52. The molecular weight excluding hydrogens is 757 g/mol. The minimum atomic E-state index is -0.855. The number of amides is 1. The molecule has 6 rings (SSSR count). The second-order valence-corrected chi connectivity index (χ2v) is 15.0. The number of hydrogen-bond donors (Lipinski definition) is 3. The van der Waals surface area contributed by atoms with E-state index in [4.69, 9.17) is 43.1 Å². The number of carbonyl (C=O) groups excluding carboxylic acids is 1. The zero-order valence-electron chi connectivity index (χ0n) is 31.1. The minimum Gasteiger partial charge on any atom is -0.492 e. The molecule has 3 heterocycles. The van der Waals surface area contributed by atoms with Crippen LogP contribution in [0.4, 0.5) is 0 Å². The van der Waals surface area contributed by atoms with E-state index in [9.17, 15) is 25.1 Å². The summed E-state index contributed by atoms with van der Waals surface area (Å²) in [6.45, 7) is 4.59. The highest BCUT2D eigenvalue weighted by Gasteiger charge is 2.34. The Balaban J connectivity index is 1.17. The van der Waals surface area contributed by atoms with Crippen molar-refractivity contribution in [2.45, 2.75) is 77.0 Å². The SMILES string of the molecule is Cc1c(COc2cc(OCc3cncc(C#N)c3)c(CN3CCCC[C@H]3C(=O)O)cc2Cl)cccc1-c1cccc(OCCCN2C[C@H](O)C[C@H]2C(N)=O)c1Cl. The van der Waals surface area contributed by atoms with E-state index in [1.54, 1.807) is 24.4 Å². The van der Waals surface area contributed by atoms with E-state index in [-0.39, 0.29) is 13.2 Å². The number of β-amino-alcohol motifs (C(OH)–C–C–N with tert-alkyl or cyclic N) is 1. The number of benzene rings is 3. The summed E-state index contributed by atoms with van der Waals surface area (Å²) in [5, 5.41) is 30.1. The van der Waals surface area contributed by atoms with Gasteiger partial charge in [0.2, 0.25) is 5.91 Å². The summed E-state index contributed by atoms with van der Waals surface area (Å²) in [6, 6.07) is 17.7. The van der Waals surface area contributed by atoms with Gasteiger partial charge < -0.3 is 30.2 Å². The quantitative estimate of drug-likeness (QED) is 0.105. The summed E-state index contributed by atoms with van der Waals surface area (Å²) < 4.78 is 18.7. The van der Waals surface area contributed by atoms with Crippen LogP contribution in [0.5, 0.6) is 17.2 Å². The molecule has 14 heteroatoms. The fourth-order valence-corrected chi connectivity index (χ4v) is 7.92. The average molecular weight is 803 g/mol. The van der Waals surface area contributed by atoms with Gasteiger partial charge in [-0.2, -0.15) is 5.26 Å². The molecule has 0 spiro atoms. The minimum absolute atomic E-state index is 0.127. The van der Waals surface area contributed by atoms with Crippen LogP contribution in [0.1, 0.15) is 59.9 Å². The van der Waals surface area contributed by atoms with Gasteiger partial charge in [-0.25, -0.2) is 0 Å². The van der Waals surface area contributed by atoms with Gasteiger partial charge in [-0.3, -0.25) is 24.4 Å². The van der Waals surface area contributed by atoms with E-state index in [0.717, 1.165) is 40.7 Å². The number of carboxylic acids is 1. The molecule has 3 aromatic carbocycles. The first kappa shape index (κ1) is 40.8. The van der Waals surface area contributed by atoms with Gasteiger partial charge in [-0.1, -0.05) is 60.0 Å². The maximum atomic E-state index is 12.1. The Morgan fingerprint density at radius 3 is 2.52 bits per heavy atom. The van der Waals surface area contributed by atoms with E-state index in [0.29, 0.717) is 90.5 Å². The van der Waals surface area contributed by atoms with Gasteiger partial charge in [0.05, 0.1) is 34.4 Å². The Kier molecular flexibility index (Phi) is 13.7. The summed E-state index contributed by atoms with van der Waals surface area (Å²) in [5.41, 5.74) is 10.9. The first-order valence-electron chi connectivity index (χ1n) is 18.6. The smallest absolute Gasteiger partial charge is 0.320 e. The molecule has 2 fully saturated rings. The van der Waals surface area contributed by atoms with E-state index in [2.05, 4.69) is 11.1 Å². The predicted molar refractivity (Wildman–Crippen MR) is 212 cm³/mol. The number of nitrogens with two attached hydrogens (primary N) is 1. The topological polar surface area (TPSA) is 171 Å². The zero-order valence-corrected chi connectivity index (χ0v) is 32.6. The number of aliphatic hydroxyl groups is 1. The Morgan fingerprint density at radius 1 is 0.946 bits per heavy atom. The van der Waals surface area contributed by atoms with Gasteiger partial charge in [-0.15, -0.1) is 0 Å². The zero-order chi connectivity index (χ0) is 39.8. The third-order valence-electron chi connectivity index (χ3n) is 10.3. The molecule has 56 heavy (non-hydrogen) atoms. The lowest BCUT2D eigenvalue weighted by Crippen LogP contribution is -2.44. The molecule has 0 unspecified atom stereocenters. The number of carbonyl (C=O) groups is 2. The highest BCUT2D eigenvalue weighted by atomic mass is 35.5. The van der Waals surface area contributed by atoms with Gasteiger partial charge in [0, 0.05) is 54.8 Å². The van der Waals surface area contributed by atoms with Gasteiger partial charge in [0.15, 0.2) is 0 Å². The van der Waals surface area contributed by atoms with Crippen LogP contribution >= 0.6 is 23.2 Å². The molecule has 0 radical (unpaired) electrons. The number of hydrogen-bond acceptors (Lipinski definition) is 10. The van der Waals surface area contributed by atoms with E-state index < -0.39 is 30.1 Å². The second kappa shape index (κ2) is 18.8. The fourth-order valence-electron chi connectivity index (χ4n) is 7.40. The van der Waals surface area contributed by atoms with Crippen molar-refractivity contribution in [3.63, 3.8) is 0 Å². The molecule has 1 aromatic heterocycles. The van der Waals surface area contributed by atoms with Crippen molar-refractivity contribution in [1.29, 1.82) is 5.26 Å². The lowest BCUT2D eigenvalue weighted by molar-refractivity contribution is -0.144. The monoisotopic (exact) mass is 801 g/mol. The number of nitriles is 1. The summed E-state index contributed by atoms with van der Waals surface area (Å²) >= 11 is 13.8. The first-order valence-corrected chi connectivity index (χ1v) is 19.4. The number of aromatic nitrogens is 1. The lowest BCUT2D eigenvalue weighted by atomic mass is 9.96. The molecule has 294 valence electrons. The molecule has 12 nitrogen and oxygen atoms in total. The van der Waals surface area contributed by atoms with Crippen LogP contribution in [-0.2, 0) is 29.3 Å². The van der Waals surface area contributed by atoms with E-state index in [1.807, 2.05) is 53.1 Å². The van der Waals surface area contributed by atoms with Crippen molar-refractivity contribution < 1.29 is 34.0 Å². The Labute approximate surface area is 336 Å². The normalized spacial score (nSPS) is 18.7. The van der Waals surface area contributed by atoms with Crippen LogP contribution < -0.4 is 19.9 Å². The van der Waals surface area contributed by atoms with Crippen LogP contribution in [0.2, 0.25) is 10.0 Å². The average Bonchev–Trinajstić information content (AvgIpc) is 3.57. The van der Waals surface area contributed by atoms with Crippen LogP contribution in [-0.4, -0.2) is 81.3 Å². The maximum Gasteiger partial charge on any atom is 0.320 e. The molecule has 1 amide bonds. The number of nitrogens with zero attached hydrogens (tertiary/aromatic N) is 4. The number of aliphatic hydroxyl groups excluding tert-OH is 1. The van der Waals surface area contributed by atoms with Crippen LogP contribution in [0, 0.1) is 18.3 Å². The third kappa shape index (κ3) is 9.90. The molecular formula is C42H45Cl2N5O7. The first-order chi connectivity index (χ1) is 27.0. The van der Waals surface area contributed by atoms with Crippen molar-refractivity contribution in [2.75, 3.05) is 26.2 Å². The highest BCUT2D eigenvalue weighted by Crippen LogP contribution is 2.39. The van der Waals surface area contributed by atoms with Crippen LogP contribution in [0.3, 0.4) is 0 Å². The highest BCUT2D eigenvalue weighted by molar-refractivity contribution is 6.35. The number of primary amides is 1. The standard InChI is InChI=1S/C42H45Cl2N5O7/c1-26-29(7-4-8-32(26)33-9-5-11-37(40(33)44)54-14-6-13-49-23-31(50)17-36(49)41(46)51)25-56-39-18-38(55-24-28-15-27(19-45)20-47-21-28)30(16-34(39)43)22-48-12-3-2-10-35(48)42(52)53/h4-5,7-9,11,15-16,18,20-21,31,35-36,50H,2-3,6,10,12-14,17,22-25H2,1H3,(H2,46,51)(H,52,53)/t31-,35+,36+/m1/s1. The van der Waals surface area contributed by atoms with E-state index in [1.165, 1.54) is 6.20 Å². The summed E-state index contributed by atoms with van der Waals surface area (Å²) in [4.78, 5) is 31.8. The number of pyridine rings is 1. The number of ether oxygens (including phenoxy) is 3. The lowest BCUT2D eigenvalue weighted by Gasteiger charge is -2.33. The van der Waals surface area contributed by atoms with Crippen molar-refractivity contribution in [3.8, 4) is 34.4 Å². The number of halogens is 2. The summed E-state index contributed by atoms with van der Waals surface area (Å²) in [7, 11) is 0. The Morgan fingerprint density at radius 2 is 1.73 bits per heavy atom. The van der Waals surface area contributed by atoms with Crippen LogP contribution in [0.25, 0.3) is 11.1 Å². The number of likely N-dealkylation sites (tertiary alicyclic amines) is 2. The maximum absolute atomic E-state index is 12.1. The molecule has 2 saturated heterocycles. The molecule has 4 aromatic rings. The van der Waals surface area contributed by atoms with Crippen molar-refractivity contribution in [1.82, 2.24) is 14.8 Å². The van der Waals surface area contributed by atoms with Crippen molar-refractivity contribution in [2.24, 2.45) is 5.73 Å². The van der Waals surface area contributed by atoms with Gasteiger partial charge in [-0.05, 0) is 74.0 Å². The Bertz CT molecular complexity index is 2090. The van der Waals surface area contributed by atoms with Gasteiger partial charge >= 0.3 is 5.97 Å². The number of piperidine rings is 1. The van der Waals surface area contributed by atoms with Crippen molar-refractivity contribution >= 4 is 35.1 Å². The molecule has 4 N–H and O–H groups in total. The number of rotatable bonds is 16. The number of aliphatic carboxylic acids is 1. The second-order valence-electron chi connectivity index (χ2n) is 14.2. The van der Waals surface area contributed by atoms with Crippen LogP contribution in [0.15, 0.2) is 67.0 Å². The van der Waals surface area contributed by atoms with Gasteiger partial charge in [0.1, 0.15) is 42.6 Å². The van der Waals surface area contributed by atoms with Gasteiger partial charge in [0.25, 0.3) is 0 Å². The fraction of sp³-hybridized carbons (Fsp3) is 0.381. The summed E-state index contributed by atoms with van der Waals surface area (Å²) in [5.74, 6) is 0.126. The molecule has 0 saturated carbocycles. The molecule has 3 atom stereocenters. The largest absolute Gasteiger partial charge is 0.492 e. The molecule has 2 aliphatic rings. The Hall–Kier alpha value is -4.90.